The number of ether oxygens (including phenoxy) is 3. The maximum absolute atomic E-state index is 12.1. The quantitative estimate of drug-likeness (QED) is 0.548. The molecule has 1 aromatic carbocycles. The average Bonchev–Trinajstić information content (AvgIpc) is 2.66. The lowest BCUT2D eigenvalue weighted by Crippen LogP contribution is -2.39. The molecule has 0 bridgehead atoms. The van der Waals surface area contributed by atoms with Gasteiger partial charge in [0.25, 0.3) is 0 Å². The summed E-state index contributed by atoms with van der Waals surface area (Å²) in [6.07, 6.45) is 2.80. The van der Waals surface area contributed by atoms with Crippen molar-refractivity contribution >= 4 is 17.8 Å². The molecule has 10 heteroatoms. The maximum atomic E-state index is 12.1. The smallest absolute Gasteiger partial charge is 0.357 e. The van der Waals surface area contributed by atoms with Crippen LogP contribution in [-0.2, 0) is 14.1 Å². The van der Waals surface area contributed by atoms with Crippen LogP contribution in [0.15, 0.2) is 21.7 Å². The molecule has 0 radical (unpaired) electrons. The van der Waals surface area contributed by atoms with Gasteiger partial charge in [-0.3, -0.25) is 24.0 Å². The number of rotatable bonds is 6. The summed E-state index contributed by atoms with van der Waals surface area (Å²) in [7, 11) is 6.89. The van der Waals surface area contributed by atoms with Crippen LogP contribution in [0.3, 0.4) is 0 Å². The van der Waals surface area contributed by atoms with Crippen molar-refractivity contribution in [1.82, 2.24) is 9.13 Å². The normalized spacial score (nSPS) is 10.9. The molecule has 0 saturated carbocycles. The lowest BCUT2D eigenvalue weighted by Gasteiger charge is -2.14. The molecule has 0 amide bonds. The summed E-state index contributed by atoms with van der Waals surface area (Å²) in [5.41, 5.74) is -1.98. The molecule has 2 aromatic rings. The summed E-state index contributed by atoms with van der Waals surface area (Å²) >= 11 is 0. The van der Waals surface area contributed by atoms with Gasteiger partial charge in [0, 0.05) is 19.7 Å². The van der Waals surface area contributed by atoms with E-state index in [9.17, 15) is 19.7 Å². The average molecular weight is 377 g/mol. The van der Waals surface area contributed by atoms with E-state index in [1.807, 2.05) is 0 Å². The number of hydrogen-bond acceptors (Lipinski definition) is 7. The highest BCUT2D eigenvalue weighted by Crippen LogP contribution is 2.40. The van der Waals surface area contributed by atoms with Gasteiger partial charge in [0.1, 0.15) is 5.69 Å². The van der Waals surface area contributed by atoms with Crippen molar-refractivity contribution in [2.45, 2.75) is 0 Å². The molecule has 1 heterocycles. The summed E-state index contributed by atoms with van der Waals surface area (Å²) < 4.78 is 17.6. The molecule has 0 atom stereocenters. The Kier molecular flexibility index (Phi) is 5.69. The van der Waals surface area contributed by atoms with Crippen molar-refractivity contribution in [3.8, 4) is 17.2 Å². The van der Waals surface area contributed by atoms with E-state index in [1.54, 1.807) is 12.1 Å². The molecule has 0 aliphatic heterocycles. The molecule has 27 heavy (non-hydrogen) atoms. The van der Waals surface area contributed by atoms with E-state index >= 15 is 0 Å². The fourth-order valence-electron chi connectivity index (χ4n) is 2.63. The zero-order valence-electron chi connectivity index (χ0n) is 15.5. The summed E-state index contributed by atoms with van der Waals surface area (Å²) in [6.45, 7) is 0. The Bertz CT molecular complexity index is 1030. The molecule has 0 fully saturated rings. The van der Waals surface area contributed by atoms with E-state index in [2.05, 4.69) is 0 Å². The van der Waals surface area contributed by atoms with Crippen LogP contribution in [-0.4, -0.2) is 35.4 Å². The van der Waals surface area contributed by atoms with E-state index in [1.165, 1.54) is 47.6 Å². The SMILES string of the molecule is COc1ccc(/C=C/c2c([N+](=O)[O-])c(=O)n(C)c(=O)n2C)c(OC)c1OC. The molecular formula is C17H19N3O7. The van der Waals surface area contributed by atoms with Crippen molar-refractivity contribution in [3.05, 3.63) is 54.3 Å². The van der Waals surface area contributed by atoms with Crippen LogP contribution in [0, 0.1) is 10.1 Å². The molecular weight excluding hydrogens is 358 g/mol. The Hall–Kier alpha value is -3.56. The molecule has 0 saturated heterocycles. The predicted molar refractivity (Wildman–Crippen MR) is 98.6 cm³/mol. The second-order valence-electron chi connectivity index (χ2n) is 5.45. The van der Waals surface area contributed by atoms with Gasteiger partial charge >= 0.3 is 16.9 Å². The fourth-order valence-corrected chi connectivity index (χ4v) is 2.63. The minimum Gasteiger partial charge on any atom is -0.493 e. The maximum Gasteiger partial charge on any atom is 0.357 e. The van der Waals surface area contributed by atoms with Crippen LogP contribution >= 0.6 is 0 Å². The predicted octanol–water partition coefficient (Wildman–Crippen LogP) is 1.19. The van der Waals surface area contributed by atoms with Gasteiger partial charge in [-0.1, -0.05) is 0 Å². The standard InChI is InChI=1S/C17H19N3O7/c1-18-11(13(20(23)24)16(21)19(2)17(18)22)8-6-10-7-9-12(25-3)15(27-5)14(10)26-4/h6-9H,1-5H3/b8-6+. The van der Waals surface area contributed by atoms with Crippen molar-refractivity contribution < 1.29 is 19.1 Å². The lowest BCUT2D eigenvalue weighted by molar-refractivity contribution is -0.387. The number of nitro groups is 1. The second kappa shape index (κ2) is 7.77. The van der Waals surface area contributed by atoms with E-state index in [-0.39, 0.29) is 5.69 Å². The number of methoxy groups -OCH3 is 3. The largest absolute Gasteiger partial charge is 0.493 e. The van der Waals surface area contributed by atoms with E-state index in [4.69, 9.17) is 14.2 Å². The second-order valence-corrected chi connectivity index (χ2v) is 5.45. The van der Waals surface area contributed by atoms with Crippen molar-refractivity contribution in [2.24, 2.45) is 14.1 Å². The minimum absolute atomic E-state index is 0.134. The Morgan fingerprint density at radius 3 is 2.11 bits per heavy atom. The van der Waals surface area contributed by atoms with Gasteiger partial charge < -0.3 is 14.2 Å². The minimum atomic E-state index is -0.984. The highest BCUT2D eigenvalue weighted by Gasteiger charge is 2.24. The monoisotopic (exact) mass is 377 g/mol. The molecule has 0 spiro atoms. The Balaban J connectivity index is 2.72. The van der Waals surface area contributed by atoms with E-state index in [0.29, 0.717) is 27.4 Å². The van der Waals surface area contributed by atoms with Crippen LogP contribution in [0.25, 0.3) is 12.2 Å². The van der Waals surface area contributed by atoms with Crippen LogP contribution in [0.2, 0.25) is 0 Å². The highest BCUT2D eigenvalue weighted by molar-refractivity contribution is 5.77. The molecule has 0 aliphatic rings. The van der Waals surface area contributed by atoms with Crippen molar-refractivity contribution in [1.29, 1.82) is 0 Å². The Morgan fingerprint density at radius 2 is 1.59 bits per heavy atom. The molecule has 0 aliphatic carbocycles. The molecule has 0 unspecified atom stereocenters. The fraction of sp³-hybridized carbons (Fsp3) is 0.294. The van der Waals surface area contributed by atoms with Crippen molar-refractivity contribution in [2.75, 3.05) is 21.3 Å². The molecule has 1 aromatic heterocycles. The number of benzene rings is 1. The topological polar surface area (TPSA) is 115 Å². The third-order valence-corrected chi connectivity index (χ3v) is 4.02. The first kappa shape index (κ1) is 19.8. The number of hydrogen-bond donors (Lipinski definition) is 0. The number of nitrogens with zero attached hydrogens (tertiary/aromatic N) is 3. The zero-order valence-corrected chi connectivity index (χ0v) is 15.5. The van der Waals surface area contributed by atoms with Gasteiger partial charge in [0.15, 0.2) is 11.5 Å². The third kappa shape index (κ3) is 3.41. The Morgan fingerprint density at radius 1 is 0.963 bits per heavy atom. The number of aromatic nitrogens is 2. The summed E-state index contributed by atoms with van der Waals surface area (Å²) in [5, 5.41) is 11.4. The van der Waals surface area contributed by atoms with Gasteiger partial charge in [-0.05, 0) is 24.3 Å². The van der Waals surface area contributed by atoms with Gasteiger partial charge in [0.05, 0.1) is 26.3 Å². The van der Waals surface area contributed by atoms with Crippen LogP contribution in [0.1, 0.15) is 11.3 Å². The molecule has 2 rings (SSSR count). The van der Waals surface area contributed by atoms with Crippen LogP contribution in [0.4, 0.5) is 5.69 Å². The summed E-state index contributed by atoms with van der Waals surface area (Å²) in [6, 6.07) is 3.29. The first-order valence-electron chi connectivity index (χ1n) is 7.69. The summed E-state index contributed by atoms with van der Waals surface area (Å²) in [4.78, 5) is 34.8. The van der Waals surface area contributed by atoms with Gasteiger partial charge in [0.2, 0.25) is 5.75 Å². The zero-order chi connectivity index (χ0) is 20.3. The van der Waals surface area contributed by atoms with Gasteiger partial charge in [-0.25, -0.2) is 4.79 Å². The van der Waals surface area contributed by atoms with Crippen LogP contribution in [0.5, 0.6) is 17.2 Å². The highest BCUT2D eigenvalue weighted by atomic mass is 16.6. The van der Waals surface area contributed by atoms with Crippen LogP contribution < -0.4 is 25.5 Å². The molecule has 144 valence electrons. The Labute approximate surface area is 154 Å². The third-order valence-electron chi connectivity index (χ3n) is 4.02. The van der Waals surface area contributed by atoms with Gasteiger partial charge in [-0.15, -0.1) is 0 Å². The molecule has 0 N–H and O–H groups in total. The first-order chi connectivity index (χ1) is 12.8. The van der Waals surface area contributed by atoms with E-state index < -0.39 is 21.9 Å². The lowest BCUT2D eigenvalue weighted by atomic mass is 10.1. The van der Waals surface area contributed by atoms with Crippen molar-refractivity contribution in [3.63, 3.8) is 0 Å². The van der Waals surface area contributed by atoms with E-state index in [0.717, 1.165) is 4.57 Å². The summed E-state index contributed by atoms with van der Waals surface area (Å²) in [5.74, 6) is 1.12. The first-order valence-corrected chi connectivity index (χ1v) is 7.69. The molecule has 10 nitrogen and oxygen atoms in total. The van der Waals surface area contributed by atoms with Gasteiger partial charge in [-0.2, -0.15) is 0 Å².